The Labute approximate surface area is 446 Å². The third kappa shape index (κ3) is 17.0. The van der Waals surface area contributed by atoms with E-state index in [9.17, 15) is 51.6 Å². The average molecular weight is 1080 g/mol. The molecule has 0 aromatic heterocycles. The van der Waals surface area contributed by atoms with E-state index in [1.54, 1.807) is 20.9 Å². The van der Waals surface area contributed by atoms with Crippen LogP contribution >= 0.6 is 0 Å². The lowest BCUT2D eigenvalue weighted by Gasteiger charge is -2.38. The van der Waals surface area contributed by atoms with Crippen LogP contribution in [0.1, 0.15) is 118 Å². The highest BCUT2D eigenvalue weighted by molar-refractivity contribution is 7.90. The number of urea groups is 1. The summed E-state index contributed by atoms with van der Waals surface area (Å²) in [6, 6.07) is 10.7. The number of sulfonamides is 1. The fraction of sp³-hybridized carbons (Fsp3) is 0.537. The molecular formula is C54H78N10O11S. The van der Waals surface area contributed by atoms with Crippen LogP contribution in [0.5, 0.6) is 0 Å². The Balaban J connectivity index is 1.37. The molecule has 0 radical (unpaired) electrons. The molecule has 10 amide bonds. The Morgan fingerprint density at radius 2 is 1.42 bits per heavy atom. The van der Waals surface area contributed by atoms with Crippen LogP contribution < -0.4 is 42.4 Å². The predicted molar refractivity (Wildman–Crippen MR) is 286 cm³/mol. The Morgan fingerprint density at radius 1 is 0.803 bits per heavy atom. The van der Waals surface area contributed by atoms with Gasteiger partial charge < -0.3 is 42.5 Å². The van der Waals surface area contributed by atoms with E-state index in [2.05, 4.69) is 36.6 Å². The number of unbranched alkanes of at least 4 members (excludes halogenated alkanes) is 2. The van der Waals surface area contributed by atoms with E-state index < -0.39 is 86.1 Å². The molecule has 2 aromatic rings. The largest absolute Gasteiger partial charge is 0.352 e. The van der Waals surface area contributed by atoms with Crippen molar-refractivity contribution in [2.24, 2.45) is 17.1 Å². The Hall–Kier alpha value is -6.94. The maximum absolute atomic E-state index is 14.0. The molecule has 1 aliphatic heterocycles. The maximum atomic E-state index is 14.0. The maximum Gasteiger partial charge on any atom is 0.312 e. The van der Waals surface area contributed by atoms with Crippen molar-refractivity contribution in [3.05, 3.63) is 89.5 Å². The van der Waals surface area contributed by atoms with Crippen molar-refractivity contribution >= 4 is 63.3 Å². The van der Waals surface area contributed by atoms with Crippen LogP contribution in [0.2, 0.25) is 0 Å². The number of carbonyl (C=O) groups is 9. The number of nitrogens with two attached hydrogens (primary N) is 1. The summed E-state index contributed by atoms with van der Waals surface area (Å²) < 4.78 is 29.1. The highest BCUT2D eigenvalue weighted by atomic mass is 32.2. The summed E-state index contributed by atoms with van der Waals surface area (Å²) in [6.45, 7) is 14.5. The number of carbonyl (C=O) groups excluding carboxylic acids is 9. The van der Waals surface area contributed by atoms with E-state index in [-0.39, 0.29) is 73.0 Å². The van der Waals surface area contributed by atoms with Gasteiger partial charge in [-0.1, -0.05) is 103 Å². The van der Waals surface area contributed by atoms with Crippen molar-refractivity contribution in [1.82, 2.24) is 46.4 Å². The molecular weight excluding hydrogens is 997 g/mol. The van der Waals surface area contributed by atoms with Crippen LogP contribution in [-0.4, -0.2) is 129 Å². The number of amides is 10. The fourth-order valence-electron chi connectivity index (χ4n) is 8.77. The molecule has 2 aromatic carbocycles. The summed E-state index contributed by atoms with van der Waals surface area (Å²) in [5.41, 5.74) is 4.50. The smallest absolute Gasteiger partial charge is 0.312 e. The average Bonchev–Trinajstić information content (AvgIpc) is 4.07. The van der Waals surface area contributed by atoms with Crippen molar-refractivity contribution in [3.8, 4) is 0 Å². The summed E-state index contributed by atoms with van der Waals surface area (Å²) in [5, 5.41) is 17.1. The number of hydrogen-bond acceptors (Lipinski definition) is 12. The summed E-state index contributed by atoms with van der Waals surface area (Å²) in [7, 11) is -1.19. The molecule has 2 aliphatic rings. The first-order valence-corrected chi connectivity index (χ1v) is 27.1. The third-order valence-corrected chi connectivity index (χ3v) is 15.1. The minimum absolute atomic E-state index is 0.0164. The first-order chi connectivity index (χ1) is 35.5. The first kappa shape index (κ1) is 61.6. The van der Waals surface area contributed by atoms with Gasteiger partial charge in [-0.2, -0.15) is 0 Å². The summed E-state index contributed by atoms with van der Waals surface area (Å²) >= 11 is 0. The number of benzene rings is 2. The molecule has 1 heterocycles. The first-order valence-electron chi connectivity index (χ1n) is 25.7. The van der Waals surface area contributed by atoms with Gasteiger partial charge in [0.05, 0.1) is 16.5 Å². The van der Waals surface area contributed by atoms with E-state index in [1.165, 1.54) is 61.4 Å². The molecule has 416 valence electrons. The third-order valence-electron chi connectivity index (χ3n) is 13.7. The Morgan fingerprint density at radius 3 is 1.97 bits per heavy atom. The Bertz CT molecular complexity index is 2610. The molecule has 22 heteroatoms. The predicted octanol–water partition coefficient (Wildman–Crippen LogP) is 2.66. The highest BCUT2D eigenvalue weighted by Gasteiger charge is 2.47. The van der Waals surface area contributed by atoms with E-state index in [0.717, 1.165) is 10.5 Å². The van der Waals surface area contributed by atoms with Gasteiger partial charge in [-0.05, 0) is 87.1 Å². The molecule has 4 unspecified atom stereocenters. The number of primary amides is 1. The molecule has 1 saturated carbocycles. The molecule has 1 aliphatic carbocycles. The zero-order valence-electron chi connectivity index (χ0n) is 45.5. The van der Waals surface area contributed by atoms with Gasteiger partial charge in [-0.3, -0.25) is 43.3 Å². The van der Waals surface area contributed by atoms with Gasteiger partial charge in [0.2, 0.25) is 29.5 Å². The SMILES string of the molecule is CNC(C(=O)NC(C(=O)N(C)CC=C(C)C(=O)NS(=O)(=O)c1ccc(C2(NC(=O)C(CCCNC(N)=O)NC(=O)C(NC(=O)CCCCCN3C(=O)C=CC3=O)C(C)C)CC2)cc1)C(C)(C)C)C(C)(C)c1ccccc1. The van der Waals surface area contributed by atoms with Crippen LogP contribution in [-0.2, 0) is 59.3 Å². The molecule has 1 fully saturated rings. The second kappa shape index (κ2) is 26.7. The van der Waals surface area contributed by atoms with E-state index in [0.29, 0.717) is 37.7 Å². The van der Waals surface area contributed by atoms with Crippen LogP contribution in [0.25, 0.3) is 0 Å². The van der Waals surface area contributed by atoms with Crippen LogP contribution in [0, 0.1) is 11.3 Å². The van der Waals surface area contributed by atoms with Crippen LogP contribution in [0.3, 0.4) is 0 Å². The molecule has 9 N–H and O–H groups in total. The van der Waals surface area contributed by atoms with Gasteiger partial charge in [0.15, 0.2) is 0 Å². The van der Waals surface area contributed by atoms with Crippen molar-refractivity contribution < 1.29 is 51.6 Å². The summed E-state index contributed by atoms with van der Waals surface area (Å²) in [5.74, 6) is -4.37. The minimum Gasteiger partial charge on any atom is -0.352 e. The standard InChI is InChI=1S/C54H78N10O11S/c1-34(2)43(59-40(65)21-15-12-16-32-64-41(66)26-27-42(64)67)48(70)58-39(20-17-31-57-51(55)73)47(69)61-54(29-30-54)37-22-24-38(25-23-37)76(74,75)62-46(68)35(3)28-33-63(10)50(72)45(52(4,5)6)60-49(71)44(56-9)53(7,8)36-18-13-11-14-19-36/h11,13-14,18-19,22-28,34,39,43-45,56H,12,15-17,20-21,29-33H2,1-10H3,(H,58,70)(H,59,65)(H,60,71)(H,61,69)(H,62,68)(H3,55,57,73). The van der Waals surface area contributed by atoms with Crippen molar-refractivity contribution in [3.63, 3.8) is 0 Å². The molecule has 21 nitrogen and oxygen atoms in total. The van der Waals surface area contributed by atoms with Gasteiger partial charge >= 0.3 is 6.03 Å². The van der Waals surface area contributed by atoms with E-state index in [4.69, 9.17) is 5.73 Å². The monoisotopic (exact) mass is 1070 g/mol. The highest BCUT2D eigenvalue weighted by Crippen LogP contribution is 2.46. The van der Waals surface area contributed by atoms with Crippen molar-refractivity contribution in [1.29, 1.82) is 0 Å². The normalized spacial score (nSPS) is 16.0. The number of hydrogen-bond donors (Lipinski definition) is 8. The van der Waals surface area contributed by atoms with Gasteiger partial charge in [-0.15, -0.1) is 0 Å². The number of nitrogens with zero attached hydrogens (tertiary/aromatic N) is 2. The quantitative estimate of drug-likeness (QED) is 0.0347. The van der Waals surface area contributed by atoms with Gasteiger partial charge in [0.1, 0.15) is 18.1 Å². The molecule has 4 atom stereocenters. The van der Waals surface area contributed by atoms with E-state index in [1.807, 2.05) is 65.0 Å². The topological polar surface area (TPSA) is 304 Å². The molecule has 0 bridgehead atoms. The minimum atomic E-state index is -4.40. The van der Waals surface area contributed by atoms with Gasteiger partial charge in [-0.25, -0.2) is 17.9 Å². The number of nitrogens with one attached hydrogen (secondary N) is 7. The number of rotatable bonds is 28. The van der Waals surface area contributed by atoms with Crippen molar-refractivity contribution in [2.45, 2.75) is 147 Å². The number of imide groups is 1. The fourth-order valence-corrected chi connectivity index (χ4v) is 9.78. The number of likely N-dealkylation sites (N-methyl/N-ethyl adjacent to an activating group) is 2. The molecule has 4 rings (SSSR count). The lowest BCUT2D eigenvalue weighted by Crippen LogP contribution is -2.60. The molecule has 76 heavy (non-hydrogen) atoms. The zero-order chi connectivity index (χ0) is 56.8. The van der Waals surface area contributed by atoms with Crippen molar-refractivity contribution in [2.75, 3.05) is 33.7 Å². The van der Waals surface area contributed by atoms with Crippen LogP contribution in [0.4, 0.5) is 4.79 Å². The van der Waals surface area contributed by atoms with Gasteiger partial charge in [0.25, 0.3) is 27.7 Å². The van der Waals surface area contributed by atoms with Crippen LogP contribution in [0.15, 0.2) is 83.3 Å². The Kier molecular flexibility index (Phi) is 21.6. The lowest BCUT2D eigenvalue weighted by molar-refractivity contribution is -0.139. The summed E-state index contributed by atoms with van der Waals surface area (Å²) in [4.78, 5) is 119. The molecule has 0 saturated heterocycles. The molecule has 0 spiro atoms. The second-order valence-corrected chi connectivity index (χ2v) is 23.2. The van der Waals surface area contributed by atoms with E-state index >= 15 is 0 Å². The zero-order valence-corrected chi connectivity index (χ0v) is 46.3. The lowest BCUT2D eigenvalue weighted by atomic mass is 9.76. The van der Waals surface area contributed by atoms with Gasteiger partial charge in [0, 0.05) is 56.2 Å². The summed E-state index contributed by atoms with van der Waals surface area (Å²) in [6.07, 6.45) is 6.75. The second-order valence-electron chi connectivity index (χ2n) is 21.5.